The summed E-state index contributed by atoms with van der Waals surface area (Å²) in [5.74, 6) is -0.271. The van der Waals surface area contributed by atoms with E-state index in [1.807, 2.05) is 0 Å². The first-order valence-electron chi connectivity index (χ1n) is 8.63. The number of benzene rings is 2. The van der Waals surface area contributed by atoms with E-state index in [2.05, 4.69) is 10.4 Å². The van der Waals surface area contributed by atoms with Crippen molar-refractivity contribution in [3.05, 3.63) is 64.9 Å². The molecule has 4 rings (SSSR count). The van der Waals surface area contributed by atoms with Crippen molar-refractivity contribution in [3.8, 4) is 22.3 Å². The molecule has 0 saturated carbocycles. The smallest absolute Gasteiger partial charge is 0.372 e. The Bertz CT molecular complexity index is 1130. The molecule has 1 unspecified atom stereocenters. The molecule has 9 heteroatoms. The molecule has 0 fully saturated rings. The first-order valence-corrected chi connectivity index (χ1v) is 9.01. The zero-order chi connectivity index (χ0) is 21.0. The number of hydrogen-bond acceptors (Lipinski definition) is 3. The Kier molecular flexibility index (Phi) is 4.43. The molecule has 1 aliphatic rings. The van der Waals surface area contributed by atoms with E-state index in [9.17, 15) is 23.1 Å². The van der Waals surface area contributed by atoms with Gasteiger partial charge in [0.25, 0.3) is 0 Å². The van der Waals surface area contributed by atoms with E-state index in [4.69, 9.17) is 11.6 Å². The van der Waals surface area contributed by atoms with Crippen LogP contribution in [-0.2, 0) is 16.9 Å². The van der Waals surface area contributed by atoms with E-state index in [1.165, 1.54) is 42.2 Å². The monoisotopic (exact) mass is 421 g/mol. The molecule has 2 aromatic carbocycles. The third kappa shape index (κ3) is 2.90. The summed E-state index contributed by atoms with van der Waals surface area (Å²) in [5, 5.41) is 17.5. The number of aromatic nitrogens is 2. The Morgan fingerprint density at radius 2 is 1.97 bits per heavy atom. The molecule has 1 heterocycles. The van der Waals surface area contributed by atoms with E-state index >= 15 is 0 Å². The van der Waals surface area contributed by atoms with Crippen molar-refractivity contribution in [2.24, 2.45) is 0 Å². The summed E-state index contributed by atoms with van der Waals surface area (Å²) < 4.78 is 43.4. The minimum absolute atomic E-state index is 0.0394. The number of aliphatic hydroxyl groups is 1. The van der Waals surface area contributed by atoms with Gasteiger partial charge in [-0.1, -0.05) is 35.9 Å². The SMILES string of the molecule is CNC(=O)Cn1cc(-c2cc(Cl)cc3c2-c2ccccc2C3(O)C(F)(F)F)cn1. The number of carbonyl (C=O) groups excluding carboxylic acids is 1. The average Bonchev–Trinajstić information content (AvgIpc) is 3.23. The quantitative estimate of drug-likeness (QED) is 0.677. The molecule has 29 heavy (non-hydrogen) atoms. The molecular weight excluding hydrogens is 407 g/mol. The van der Waals surface area contributed by atoms with Gasteiger partial charge in [-0.15, -0.1) is 0 Å². The average molecular weight is 422 g/mol. The van der Waals surface area contributed by atoms with E-state index in [0.717, 1.165) is 6.07 Å². The van der Waals surface area contributed by atoms with Crippen molar-refractivity contribution >= 4 is 17.5 Å². The van der Waals surface area contributed by atoms with Crippen LogP contribution in [0.15, 0.2) is 48.8 Å². The lowest BCUT2D eigenvalue weighted by atomic mass is 9.89. The fraction of sp³-hybridized carbons (Fsp3) is 0.200. The molecule has 0 bridgehead atoms. The highest BCUT2D eigenvalue weighted by atomic mass is 35.5. The lowest BCUT2D eigenvalue weighted by Crippen LogP contribution is -2.41. The maximum Gasteiger partial charge on any atom is 0.425 e. The summed E-state index contributed by atoms with van der Waals surface area (Å²) in [6.07, 6.45) is -1.95. The van der Waals surface area contributed by atoms with Crippen LogP contribution < -0.4 is 5.32 Å². The fourth-order valence-corrected chi connectivity index (χ4v) is 3.91. The Morgan fingerprint density at radius 3 is 2.66 bits per heavy atom. The van der Waals surface area contributed by atoms with Crippen LogP contribution in [0, 0.1) is 0 Å². The largest absolute Gasteiger partial charge is 0.425 e. The van der Waals surface area contributed by atoms with Crippen LogP contribution in [-0.4, -0.2) is 34.0 Å². The second-order valence-corrected chi connectivity index (χ2v) is 7.17. The standard InChI is InChI=1S/C20H15ClF3N3O2/c1-25-17(28)10-27-9-11(8-26-27)14-6-12(21)7-16-18(14)13-4-2-3-5-15(13)19(16,29)20(22,23)24/h2-9,29H,10H2,1H3,(H,25,28). The predicted molar refractivity (Wildman–Crippen MR) is 101 cm³/mol. The van der Waals surface area contributed by atoms with Crippen LogP contribution in [0.2, 0.25) is 5.02 Å². The van der Waals surface area contributed by atoms with Gasteiger partial charge in [0.05, 0.1) is 6.20 Å². The summed E-state index contributed by atoms with van der Waals surface area (Å²) in [6.45, 7) is -0.0394. The molecule has 1 aliphatic carbocycles. The lowest BCUT2D eigenvalue weighted by Gasteiger charge is -2.28. The number of rotatable bonds is 3. The minimum atomic E-state index is -4.94. The maximum atomic E-state index is 14.0. The summed E-state index contributed by atoms with van der Waals surface area (Å²) in [7, 11) is 1.49. The molecular formula is C20H15ClF3N3O2. The third-order valence-electron chi connectivity index (χ3n) is 5.02. The van der Waals surface area contributed by atoms with E-state index in [-0.39, 0.29) is 39.7 Å². The highest BCUT2D eigenvalue weighted by molar-refractivity contribution is 6.31. The summed E-state index contributed by atoms with van der Waals surface area (Å²) in [5.41, 5.74) is -2.36. The molecule has 1 atom stereocenters. The van der Waals surface area contributed by atoms with E-state index in [1.54, 1.807) is 12.3 Å². The summed E-state index contributed by atoms with van der Waals surface area (Å²) in [6, 6.07) is 8.52. The van der Waals surface area contributed by atoms with Gasteiger partial charge >= 0.3 is 6.18 Å². The molecule has 2 N–H and O–H groups in total. The zero-order valence-corrected chi connectivity index (χ0v) is 15.8. The van der Waals surface area contributed by atoms with Crippen LogP contribution in [0.25, 0.3) is 22.3 Å². The first-order chi connectivity index (χ1) is 13.7. The van der Waals surface area contributed by atoms with Gasteiger partial charge in [-0.2, -0.15) is 18.3 Å². The number of alkyl halides is 3. The van der Waals surface area contributed by atoms with E-state index < -0.39 is 11.8 Å². The van der Waals surface area contributed by atoms with Gasteiger partial charge in [0.2, 0.25) is 11.5 Å². The number of amides is 1. The number of nitrogens with zero attached hydrogens (tertiary/aromatic N) is 2. The number of carbonyl (C=O) groups is 1. The van der Waals surface area contributed by atoms with Gasteiger partial charge in [-0.05, 0) is 28.8 Å². The van der Waals surface area contributed by atoms with Crippen molar-refractivity contribution < 1.29 is 23.1 Å². The van der Waals surface area contributed by atoms with Gasteiger partial charge in [0, 0.05) is 35.0 Å². The van der Waals surface area contributed by atoms with Crippen LogP contribution in [0.1, 0.15) is 11.1 Å². The van der Waals surface area contributed by atoms with Gasteiger partial charge < -0.3 is 10.4 Å². The molecule has 1 amide bonds. The van der Waals surface area contributed by atoms with Crippen molar-refractivity contribution in [1.82, 2.24) is 15.1 Å². The first kappa shape index (κ1) is 19.5. The Hall–Kier alpha value is -2.84. The number of nitrogens with one attached hydrogen (secondary N) is 1. The third-order valence-corrected chi connectivity index (χ3v) is 5.24. The van der Waals surface area contributed by atoms with Crippen LogP contribution in [0.3, 0.4) is 0 Å². The molecule has 0 spiro atoms. The highest BCUT2D eigenvalue weighted by Gasteiger charge is 2.61. The van der Waals surface area contributed by atoms with Gasteiger partial charge in [0.1, 0.15) is 6.54 Å². The molecule has 150 valence electrons. The number of likely N-dealkylation sites (N-methyl/N-ethyl adjacent to an activating group) is 1. The Morgan fingerprint density at radius 1 is 1.24 bits per heavy atom. The fourth-order valence-electron chi connectivity index (χ4n) is 3.69. The number of fused-ring (bicyclic) bond motifs is 3. The predicted octanol–water partition coefficient (Wildman–Crippen LogP) is 3.73. The second kappa shape index (κ2) is 6.60. The van der Waals surface area contributed by atoms with Gasteiger partial charge in [-0.3, -0.25) is 9.48 Å². The highest BCUT2D eigenvalue weighted by Crippen LogP contribution is 2.57. The molecule has 5 nitrogen and oxygen atoms in total. The van der Waals surface area contributed by atoms with Crippen LogP contribution in [0.5, 0.6) is 0 Å². The molecule has 3 aromatic rings. The van der Waals surface area contributed by atoms with Gasteiger partial charge in [0.15, 0.2) is 0 Å². The van der Waals surface area contributed by atoms with Gasteiger partial charge in [-0.25, -0.2) is 0 Å². The number of halogens is 4. The van der Waals surface area contributed by atoms with Crippen molar-refractivity contribution in [1.29, 1.82) is 0 Å². The normalized spacial score (nSPS) is 17.7. The zero-order valence-electron chi connectivity index (χ0n) is 15.1. The van der Waals surface area contributed by atoms with Crippen molar-refractivity contribution in [3.63, 3.8) is 0 Å². The van der Waals surface area contributed by atoms with Crippen molar-refractivity contribution in [2.45, 2.75) is 18.3 Å². The summed E-state index contributed by atoms with van der Waals surface area (Å²) in [4.78, 5) is 11.6. The van der Waals surface area contributed by atoms with E-state index in [0.29, 0.717) is 11.1 Å². The Labute approximate surface area is 168 Å². The molecule has 1 aromatic heterocycles. The van der Waals surface area contributed by atoms with Crippen LogP contribution >= 0.6 is 11.6 Å². The maximum absolute atomic E-state index is 14.0. The lowest BCUT2D eigenvalue weighted by molar-refractivity contribution is -0.246. The second-order valence-electron chi connectivity index (χ2n) is 6.73. The minimum Gasteiger partial charge on any atom is -0.372 e. The summed E-state index contributed by atoms with van der Waals surface area (Å²) >= 11 is 6.14. The molecule has 0 radical (unpaired) electrons. The number of hydrogen-bond donors (Lipinski definition) is 2. The molecule has 0 saturated heterocycles. The molecule has 0 aliphatic heterocycles. The topological polar surface area (TPSA) is 67.2 Å². The Balaban J connectivity index is 1.96. The van der Waals surface area contributed by atoms with Crippen molar-refractivity contribution in [2.75, 3.05) is 7.05 Å². The van der Waals surface area contributed by atoms with Crippen LogP contribution in [0.4, 0.5) is 13.2 Å².